The largest absolute Gasteiger partial charge is 0.339 e. The lowest BCUT2D eigenvalue weighted by Gasteiger charge is -2.27. The van der Waals surface area contributed by atoms with Crippen LogP contribution in [0.2, 0.25) is 0 Å². The summed E-state index contributed by atoms with van der Waals surface area (Å²) >= 11 is 1.46. The highest BCUT2D eigenvalue weighted by atomic mass is 32.2. The van der Waals surface area contributed by atoms with Crippen molar-refractivity contribution in [2.24, 2.45) is 0 Å². The topological polar surface area (TPSA) is 66.5 Å². The van der Waals surface area contributed by atoms with Crippen molar-refractivity contribution in [2.75, 3.05) is 19.3 Å². The number of piperidine rings is 1. The van der Waals surface area contributed by atoms with Gasteiger partial charge in [0.1, 0.15) is 0 Å². The molecule has 162 valence electrons. The highest BCUT2D eigenvalue weighted by Gasteiger charge is 2.24. The number of nitrogens with one attached hydrogen (secondary N) is 1. The molecule has 0 aromatic heterocycles. The Balaban J connectivity index is 1.73. The van der Waals surface area contributed by atoms with Crippen LogP contribution in [0.15, 0.2) is 58.3 Å². The Morgan fingerprint density at radius 3 is 2.47 bits per heavy atom. The van der Waals surface area contributed by atoms with Crippen LogP contribution in [0.1, 0.15) is 48.5 Å². The zero-order valence-electron chi connectivity index (χ0n) is 17.6. The molecule has 1 aliphatic heterocycles. The molecule has 7 heteroatoms. The maximum atomic E-state index is 13.0. The van der Waals surface area contributed by atoms with Gasteiger partial charge in [-0.3, -0.25) is 4.79 Å². The van der Waals surface area contributed by atoms with Gasteiger partial charge in [0, 0.05) is 24.0 Å². The molecule has 0 spiro atoms. The number of carbonyl (C=O) groups excluding carboxylic acids is 1. The molecular formula is C23H30N2O3S2. The van der Waals surface area contributed by atoms with Crippen LogP contribution in [0.3, 0.4) is 0 Å². The van der Waals surface area contributed by atoms with Crippen molar-refractivity contribution in [3.8, 4) is 0 Å². The number of likely N-dealkylation sites (tertiary alicyclic amines) is 1. The summed E-state index contributed by atoms with van der Waals surface area (Å²) in [4.78, 5) is 15.8. The van der Waals surface area contributed by atoms with Crippen molar-refractivity contribution in [3.05, 3.63) is 59.7 Å². The molecule has 0 saturated carbocycles. The highest BCUT2D eigenvalue weighted by Crippen LogP contribution is 2.26. The summed E-state index contributed by atoms with van der Waals surface area (Å²) in [7, 11) is -3.71. The molecule has 2 aromatic carbocycles. The fraction of sp³-hybridized carbons (Fsp3) is 0.435. The van der Waals surface area contributed by atoms with Crippen LogP contribution in [-0.2, 0) is 16.4 Å². The van der Waals surface area contributed by atoms with E-state index in [9.17, 15) is 13.2 Å². The standard InChI is InChI=1S/C23H30N2O3S2/c1-18(11-12-19-9-5-3-6-10-19)24-30(27,28)20-13-14-22(29-2)21(17-20)23(26)25-15-7-4-8-16-25/h3,5-6,9-10,13-14,17-18,24H,4,7-8,11-12,15-16H2,1-2H3/t18-/m1/s1. The first-order valence-corrected chi connectivity index (χ1v) is 13.1. The number of benzene rings is 2. The van der Waals surface area contributed by atoms with Crippen molar-refractivity contribution in [1.82, 2.24) is 9.62 Å². The molecule has 30 heavy (non-hydrogen) atoms. The Kier molecular flexibility index (Phi) is 7.97. The third kappa shape index (κ3) is 5.86. The van der Waals surface area contributed by atoms with E-state index >= 15 is 0 Å². The van der Waals surface area contributed by atoms with E-state index < -0.39 is 10.0 Å². The van der Waals surface area contributed by atoms with Crippen LogP contribution < -0.4 is 4.72 Å². The Bertz CT molecular complexity index is 956. The van der Waals surface area contributed by atoms with Crippen LogP contribution >= 0.6 is 11.8 Å². The van der Waals surface area contributed by atoms with Gasteiger partial charge >= 0.3 is 0 Å². The first kappa shape index (κ1) is 22.8. The molecule has 3 rings (SSSR count). The van der Waals surface area contributed by atoms with Gasteiger partial charge in [-0.25, -0.2) is 13.1 Å². The molecular weight excluding hydrogens is 416 g/mol. The van der Waals surface area contributed by atoms with Crippen LogP contribution in [0.5, 0.6) is 0 Å². The summed E-state index contributed by atoms with van der Waals surface area (Å²) in [5.41, 5.74) is 1.66. The van der Waals surface area contributed by atoms with Gasteiger partial charge in [0.25, 0.3) is 5.91 Å². The van der Waals surface area contributed by atoms with E-state index in [4.69, 9.17) is 0 Å². The van der Waals surface area contributed by atoms with Gasteiger partial charge in [-0.05, 0) is 69.0 Å². The Morgan fingerprint density at radius 1 is 1.10 bits per heavy atom. The second-order valence-corrected chi connectivity index (χ2v) is 10.3. The zero-order valence-corrected chi connectivity index (χ0v) is 19.3. The maximum Gasteiger partial charge on any atom is 0.255 e. The van der Waals surface area contributed by atoms with Gasteiger partial charge in [-0.15, -0.1) is 11.8 Å². The van der Waals surface area contributed by atoms with Crippen LogP contribution in [0.4, 0.5) is 0 Å². The smallest absolute Gasteiger partial charge is 0.255 e. The second kappa shape index (κ2) is 10.5. The first-order chi connectivity index (χ1) is 14.4. The summed E-state index contributed by atoms with van der Waals surface area (Å²) < 4.78 is 28.7. The number of sulfonamides is 1. The normalized spacial score (nSPS) is 15.7. The third-order valence-electron chi connectivity index (χ3n) is 5.42. The van der Waals surface area contributed by atoms with E-state index in [0.29, 0.717) is 12.0 Å². The lowest BCUT2D eigenvalue weighted by Crippen LogP contribution is -2.36. The monoisotopic (exact) mass is 446 g/mol. The lowest BCUT2D eigenvalue weighted by molar-refractivity contribution is 0.0720. The average Bonchev–Trinajstić information content (AvgIpc) is 2.77. The van der Waals surface area contributed by atoms with Crippen LogP contribution in [0.25, 0.3) is 0 Å². The fourth-order valence-corrected chi connectivity index (χ4v) is 5.58. The minimum Gasteiger partial charge on any atom is -0.339 e. The average molecular weight is 447 g/mol. The third-order valence-corrected chi connectivity index (χ3v) is 7.80. The molecule has 1 amide bonds. The molecule has 1 saturated heterocycles. The summed E-state index contributed by atoms with van der Waals surface area (Å²) in [6.45, 7) is 3.34. The van der Waals surface area contributed by atoms with Crippen molar-refractivity contribution in [3.63, 3.8) is 0 Å². The molecule has 1 fully saturated rings. The SMILES string of the molecule is CSc1ccc(S(=O)(=O)N[C@H](C)CCc2ccccc2)cc1C(=O)N1CCCCC1. The summed E-state index contributed by atoms with van der Waals surface area (Å²) in [5.74, 6) is -0.0757. The lowest BCUT2D eigenvalue weighted by atomic mass is 10.1. The van der Waals surface area contributed by atoms with E-state index in [-0.39, 0.29) is 16.8 Å². The number of nitrogens with zero attached hydrogens (tertiary/aromatic N) is 1. The van der Waals surface area contributed by atoms with Gasteiger partial charge in [-0.1, -0.05) is 30.3 Å². The van der Waals surface area contributed by atoms with Crippen molar-refractivity contribution in [2.45, 2.75) is 54.9 Å². The van der Waals surface area contributed by atoms with Gasteiger partial charge in [-0.2, -0.15) is 0 Å². The van der Waals surface area contributed by atoms with Gasteiger partial charge < -0.3 is 4.90 Å². The number of hydrogen-bond acceptors (Lipinski definition) is 4. The number of rotatable bonds is 8. The molecule has 2 aromatic rings. The number of amides is 1. The predicted molar refractivity (Wildman–Crippen MR) is 123 cm³/mol. The van der Waals surface area contributed by atoms with E-state index in [1.165, 1.54) is 23.4 Å². The molecule has 1 N–H and O–H groups in total. The van der Waals surface area contributed by atoms with Gasteiger partial charge in [0.2, 0.25) is 10.0 Å². The van der Waals surface area contributed by atoms with Crippen molar-refractivity contribution < 1.29 is 13.2 Å². The van der Waals surface area contributed by atoms with Gasteiger partial charge in [0.15, 0.2) is 0 Å². The van der Waals surface area contributed by atoms with E-state index in [2.05, 4.69) is 4.72 Å². The number of hydrogen-bond donors (Lipinski definition) is 1. The van der Waals surface area contributed by atoms with E-state index in [1.807, 2.05) is 48.4 Å². The number of aryl methyl sites for hydroxylation is 1. The predicted octanol–water partition coefficient (Wildman–Crippen LogP) is 4.33. The minimum absolute atomic E-state index is 0.0757. The minimum atomic E-state index is -3.71. The summed E-state index contributed by atoms with van der Waals surface area (Å²) in [6, 6.07) is 14.7. The second-order valence-electron chi connectivity index (χ2n) is 7.76. The quantitative estimate of drug-likeness (QED) is 0.613. The summed E-state index contributed by atoms with van der Waals surface area (Å²) in [5, 5.41) is 0. The van der Waals surface area contributed by atoms with Crippen molar-refractivity contribution in [1.29, 1.82) is 0 Å². The Hall–Kier alpha value is -1.83. The zero-order chi connectivity index (χ0) is 21.6. The first-order valence-electron chi connectivity index (χ1n) is 10.4. The number of carbonyl (C=O) groups is 1. The van der Waals surface area contributed by atoms with Crippen LogP contribution in [0, 0.1) is 0 Å². The molecule has 0 aliphatic carbocycles. The van der Waals surface area contributed by atoms with Gasteiger partial charge in [0.05, 0.1) is 10.5 Å². The molecule has 1 aliphatic rings. The molecule has 1 heterocycles. The molecule has 0 radical (unpaired) electrons. The van der Waals surface area contributed by atoms with E-state index in [0.717, 1.165) is 43.7 Å². The molecule has 0 bridgehead atoms. The fourth-order valence-electron chi connectivity index (χ4n) is 3.71. The van der Waals surface area contributed by atoms with Crippen molar-refractivity contribution >= 4 is 27.7 Å². The highest BCUT2D eigenvalue weighted by molar-refractivity contribution is 7.98. The molecule has 0 unspecified atom stereocenters. The number of thioether (sulfide) groups is 1. The molecule has 1 atom stereocenters. The van der Waals surface area contributed by atoms with Crippen LogP contribution in [-0.4, -0.2) is 44.6 Å². The maximum absolute atomic E-state index is 13.0. The Labute approximate surface area is 184 Å². The molecule has 5 nitrogen and oxygen atoms in total. The Morgan fingerprint density at radius 2 is 1.80 bits per heavy atom. The summed E-state index contributed by atoms with van der Waals surface area (Å²) in [6.07, 6.45) is 6.54. The van der Waals surface area contributed by atoms with E-state index in [1.54, 1.807) is 12.1 Å².